The number of aryl methyl sites for hydroxylation is 1. The first-order valence-electron chi connectivity index (χ1n) is 6.53. The maximum Gasteiger partial charge on any atom is 0.172 e. The van der Waals surface area contributed by atoms with Crippen molar-refractivity contribution in [1.29, 1.82) is 0 Å². The van der Waals surface area contributed by atoms with Gasteiger partial charge in [-0.15, -0.1) is 0 Å². The number of Topliss-reactive ketones (excluding diaryl/α,β-unsaturated/α-hetero) is 1. The van der Waals surface area contributed by atoms with Gasteiger partial charge in [0.25, 0.3) is 0 Å². The summed E-state index contributed by atoms with van der Waals surface area (Å²) >= 11 is 1.85. The first kappa shape index (κ1) is 12.7. The SMILES string of the molecule is CCc1ccc(C(=O)CSC2CCCC2)cc1. The van der Waals surface area contributed by atoms with Gasteiger partial charge in [0.05, 0.1) is 5.75 Å². The Bertz CT molecular complexity index is 363. The van der Waals surface area contributed by atoms with Crippen LogP contribution in [0.3, 0.4) is 0 Å². The Labute approximate surface area is 108 Å². The summed E-state index contributed by atoms with van der Waals surface area (Å²) in [4.78, 5) is 12.0. The Morgan fingerprint density at radius 1 is 1.24 bits per heavy atom. The molecule has 1 aliphatic rings. The first-order valence-corrected chi connectivity index (χ1v) is 7.58. The molecule has 2 heteroatoms. The number of benzene rings is 1. The summed E-state index contributed by atoms with van der Waals surface area (Å²) < 4.78 is 0. The Morgan fingerprint density at radius 2 is 1.88 bits per heavy atom. The Balaban J connectivity index is 1.85. The minimum Gasteiger partial charge on any atom is -0.293 e. The highest BCUT2D eigenvalue weighted by atomic mass is 32.2. The number of carbonyl (C=O) groups excluding carboxylic acids is 1. The molecule has 0 amide bonds. The van der Waals surface area contributed by atoms with Crippen LogP contribution in [0.2, 0.25) is 0 Å². The van der Waals surface area contributed by atoms with Gasteiger partial charge in [-0.3, -0.25) is 4.79 Å². The largest absolute Gasteiger partial charge is 0.293 e. The molecule has 1 fully saturated rings. The predicted molar refractivity (Wildman–Crippen MR) is 74.9 cm³/mol. The zero-order chi connectivity index (χ0) is 12.1. The summed E-state index contributed by atoms with van der Waals surface area (Å²) in [7, 11) is 0. The van der Waals surface area contributed by atoms with Crippen molar-refractivity contribution in [2.75, 3.05) is 5.75 Å². The van der Waals surface area contributed by atoms with Crippen molar-refractivity contribution in [3.05, 3.63) is 35.4 Å². The number of ketones is 1. The molecule has 0 bridgehead atoms. The fourth-order valence-corrected chi connectivity index (χ4v) is 3.48. The maximum atomic E-state index is 12.0. The second-order valence-electron chi connectivity index (χ2n) is 4.69. The molecule has 2 rings (SSSR count). The van der Waals surface area contributed by atoms with Gasteiger partial charge in [-0.2, -0.15) is 11.8 Å². The second-order valence-corrected chi connectivity index (χ2v) is 5.98. The molecule has 0 saturated heterocycles. The lowest BCUT2D eigenvalue weighted by atomic mass is 10.1. The highest BCUT2D eigenvalue weighted by Crippen LogP contribution is 2.29. The zero-order valence-corrected chi connectivity index (χ0v) is 11.3. The molecule has 0 aliphatic heterocycles. The smallest absolute Gasteiger partial charge is 0.172 e. The second kappa shape index (κ2) is 6.25. The molecular formula is C15H20OS. The summed E-state index contributed by atoms with van der Waals surface area (Å²) in [6.45, 7) is 2.13. The fourth-order valence-electron chi connectivity index (χ4n) is 2.26. The summed E-state index contributed by atoms with van der Waals surface area (Å²) in [5.41, 5.74) is 2.16. The van der Waals surface area contributed by atoms with Gasteiger partial charge in [-0.05, 0) is 24.8 Å². The third-order valence-corrected chi connectivity index (χ3v) is 4.81. The van der Waals surface area contributed by atoms with Gasteiger partial charge in [-0.1, -0.05) is 44.0 Å². The molecule has 1 aliphatic carbocycles. The van der Waals surface area contributed by atoms with E-state index in [9.17, 15) is 4.79 Å². The number of hydrogen-bond donors (Lipinski definition) is 0. The van der Waals surface area contributed by atoms with Crippen molar-refractivity contribution in [3.8, 4) is 0 Å². The van der Waals surface area contributed by atoms with E-state index in [1.54, 1.807) is 0 Å². The molecule has 17 heavy (non-hydrogen) atoms. The van der Waals surface area contributed by atoms with Gasteiger partial charge in [-0.25, -0.2) is 0 Å². The number of thioether (sulfide) groups is 1. The minimum atomic E-state index is 0.282. The quantitative estimate of drug-likeness (QED) is 0.729. The third kappa shape index (κ3) is 3.60. The van der Waals surface area contributed by atoms with Crippen LogP contribution in [0.5, 0.6) is 0 Å². The van der Waals surface area contributed by atoms with E-state index in [1.807, 2.05) is 23.9 Å². The monoisotopic (exact) mass is 248 g/mol. The molecule has 0 radical (unpaired) electrons. The Hall–Kier alpha value is -0.760. The number of hydrogen-bond acceptors (Lipinski definition) is 2. The molecule has 0 aromatic heterocycles. The molecule has 0 N–H and O–H groups in total. The van der Waals surface area contributed by atoms with Crippen molar-refractivity contribution in [2.45, 2.75) is 44.3 Å². The number of carbonyl (C=O) groups is 1. The van der Waals surface area contributed by atoms with E-state index >= 15 is 0 Å². The van der Waals surface area contributed by atoms with Gasteiger partial charge in [0.1, 0.15) is 0 Å². The molecule has 1 saturated carbocycles. The normalized spacial score (nSPS) is 16.3. The van der Waals surface area contributed by atoms with Crippen LogP contribution in [0.1, 0.15) is 48.5 Å². The zero-order valence-electron chi connectivity index (χ0n) is 10.4. The van der Waals surface area contributed by atoms with E-state index in [0.29, 0.717) is 5.75 Å². The molecule has 0 spiro atoms. The van der Waals surface area contributed by atoms with Gasteiger partial charge >= 0.3 is 0 Å². The molecule has 0 atom stereocenters. The fraction of sp³-hybridized carbons (Fsp3) is 0.533. The molecule has 92 valence electrons. The number of rotatable bonds is 5. The lowest BCUT2D eigenvalue weighted by Gasteiger charge is -2.07. The summed E-state index contributed by atoms with van der Waals surface area (Å²) in [5, 5.41) is 0.730. The molecule has 0 unspecified atom stereocenters. The lowest BCUT2D eigenvalue weighted by Crippen LogP contribution is -2.06. The topological polar surface area (TPSA) is 17.1 Å². The lowest BCUT2D eigenvalue weighted by molar-refractivity contribution is 0.102. The van der Waals surface area contributed by atoms with Crippen molar-refractivity contribution in [2.24, 2.45) is 0 Å². The van der Waals surface area contributed by atoms with E-state index < -0.39 is 0 Å². The average molecular weight is 248 g/mol. The summed E-state index contributed by atoms with van der Waals surface area (Å²) in [6.07, 6.45) is 6.32. The van der Waals surface area contributed by atoms with Crippen molar-refractivity contribution in [1.82, 2.24) is 0 Å². The predicted octanol–water partition coefficient (Wildman–Crippen LogP) is 4.11. The van der Waals surface area contributed by atoms with Crippen LogP contribution in [0, 0.1) is 0 Å². The van der Waals surface area contributed by atoms with Crippen LogP contribution < -0.4 is 0 Å². The molecular weight excluding hydrogens is 228 g/mol. The molecule has 1 nitrogen and oxygen atoms in total. The van der Waals surface area contributed by atoms with Crippen LogP contribution in [-0.2, 0) is 6.42 Å². The van der Waals surface area contributed by atoms with Crippen LogP contribution in [-0.4, -0.2) is 16.8 Å². The van der Waals surface area contributed by atoms with Crippen molar-refractivity contribution < 1.29 is 4.79 Å². The highest BCUT2D eigenvalue weighted by molar-refractivity contribution is 8.00. The molecule has 1 aromatic carbocycles. The van der Waals surface area contributed by atoms with Crippen molar-refractivity contribution in [3.63, 3.8) is 0 Å². The standard InChI is InChI=1S/C15H20OS/c1-2-12-7-9-13(10-8-12)15(16)11-17-14-5-3-4-6-14/h7-10,14H,2-6,11H2,1H3. The summed E-state index contributed by atoms with van der Waals surface area (Å²) in [6, 6.07) is 8.06. The van der Waals surface area contributed by atoms with Gasteiger partial charge < -0.3 is 0 Å². The van der Waals surface area contributed by atoms with Crippen molar-refractivity contribution >= 4 is 17.5 Å². The van der Waals surface area contributed by atoms with Crippen LogP contribution in [0.4, 0.5) is 0 Å². The van der Waals surface area contributed by atoms with E-state index in [2.05, 4.69) is 19.1 Å². The van der Waals surface area contributed by atoms with Crippen LogP contribution >= 0.6 is 11.8 Å². The van der Waals surface area contributed by atoms with Crippen LogP contribution in [0.25, 0.3) is 0 Å². The van der Waals surface area contributed by atoms with E-state index in [4.69, 9.17) is 0 Å². The first-order chi connectivity index (χ1) is 8.29. The Morgan fingerprint density at radius 3 is 2.47 bits per heavy atom. The average Bonchev–Trinajstić information content (AvgIpc) is 2.89. The van der Waals surface area contributed by atoms with Gasteiger partial charge in [0, 0.05) is 10.8 Å². The van der Waals surface area contributed by atoms with E-state index in [-0.39, 0.29) is 5.78 Å². The maximum absolute atomic E-state index is 12.0. The van der Waals surface area contributed by atoms with Crippen LogP contribution in [0.15, 0.2) is 24.3 Å². The van der Waals surface area contributed by atoms with E-state index in [0.717, 1.165) is 17.2 Å². The summed E-state index contributed by atoms with van der Waals surface area (Å²) in [5.74, 6) is 0.931. The van der Waals surface area contributed by atoms with E-state index in [1.165, 1.54) is 31.2 Å². The Kier molecular flexibility index (Phi) is 4.66. The molecule has 1 aromatic rings. The molecule has 0 heterocycles. The third-order valence-electron chi connectivity index (χ3n) is 3.44. The van der Waals surface area contributed by atoms with Gasteiger partial charge in [0.15, 0.2) is 5.78 Å². The highest BCUT2D eigenvalue weighted by Gasteiger charge is 2.17. The minimum absolute atomic E-state index is 0.282. The van der Waals surface area contributed by atoms with Gasteiger partial charge in [0.2, 0.25) is 0 Å².